The Kier molecular flexibility index (Phi) is 1.47. The van der Waals surface area contributed by atoms with Crippen molar-refractivity contribution in [1.29, 1.82) is 0 Å². The molecule has 0 unspecified atom stereocenters. The van der Waals surface area contributed by atoms with Crippen LogP contribution in [0.4, 0.5) is 0 Å². The molecule has 1 fully saturated rings. The van der Waals surface area contributed by atoms with Gasteiger partial charge in [-0.05, 0) is 12.8 Å². The Labute approximate surface area is 37.0 Å². The second-order valence-corrected chi connectivity index (χ2v) is 1.10. The molecule has 0 spiro atoms. The van der Waals surface area contributed by atoms with Gasteiger partial charge in [0.1, 0.15) is 13.2 Å². The Morgan fingerprint density at radius 1 is 1.00 bits per heavy atom. The second kappa shape index (κ2) is 2.16. The van der Waals surface area contributed by atoms with E-state index in [-0.39, 0.29) is 0 Å². The highest BCUT2D eigenvalue weighted by molar-refractivity contribution is 4.58. The van der Waals surface area contributed by atoms with Crippen LogP contribution in [0, 0.1) is 13.2 Å². The van der Waals surface area contributed by atoms with E-state index in [9.17, 15) is 0 Å². The van der Waals surface area contributed by atoms with Crippen molar-refractivity contribution in [2.75, 3.05) is 0 Å². The van der Waals surface area contributed by atoms with E-state index in [1.54, 1.807) is 13.2 Å². The van der Waals surface area contributed by atoms with Gasteiger partial charge in [-0.25, -0.2) is 9.78 Å². The van der Waals surface area contributed by atoms with Gasteiger partial charge in [-0.1, -0.05) is 0 Å². The summed E-state index contributed by atoms with van der Waals surface area (Å²) in [6.45, 7) is 3.28. The lowest BCUT2D eigenvalue weighted by Gasteiger charge is -2.05. The SMILES string of the molecule is [CH]1CC[CH]OO1. The largest absolute Gasteiger partial charge is 0.230 e. The zero-order valence-corrected chi connectivity index (χ0v) is 3.39. The van der Waals surface area contributed by atoms with Gasteiger partial charge in [0.15, 0.2) is 0 Å². The Balaban J connectivity index is 2.00. The normalized spacial score (nSPS) is 24.0. The molecule has 1 saturated heterocycles. The molecule has 0 atom stereocenters. The third-order valence-electron chi connectivity index (χ3n) is 0.594. The maximum absolute atomic E-state index is 4.39. The molecule has 2 radical (unpaired) electrons. The molecular formula is C4H6O2. The highest BCUT2D eigenvalue weighted by Crippen LogP contribution is 2.06. The van der Waals surface area contributed by atoms with Gasteiger partial charge in [0.25, 0.3) is 0 Å². The van der Waals surface area contributed by atoms with Crippen LogP contribution in [0.3, 0.4) is 0 Å². The molecule has 0 aromatic heterocycles. The molecule has 1 rings (SSSR count). The molecule has 0 aromatic rings. The standard InChI is InChI=1S/C4H6O2/c1-2-4-6-5-3-1/h3-4H,1-2H2. The Morgan fingerprint density at radius 2 is 1.50 bits per heavy atom. The lowest BCUT2D eigenvalue weighted by Crippen LogP contribution is -1.95. The molecule has 0 N–H and O–H groups in total. The van der Waals surface area contributed by atoms with Crippen LogP contribution in [-0.4, -0.2) is 0 Å². The number of hydrogen-bond donors (Lipinski definition) is 0. The van der Waals surface area contributed by atoms with Crippen molar-refractivity contribution < 1.29 is 9.78 Å². The van der Waals surface area contributed by atoms with Crippen molar-refractivity contribution in [3.05, 3.63) is 13.2 Å². The predicted molar refractivity (Wildman–Crippen MR) is 20.0 cm³/mol. The summed E-state index contributed by atoms with van der Waals surface area (Å²) in [5.41, 5.74) is 0. The van der Waals surface area contributed by atoms with E-state index < -0.39 is 0 Å². The maximum Gasteiger partial charge on any atom is 0.122 e. The van der Waals surface area contributed by atoms with Crippen LogP contribution in [0.15, 0.2) is 0 Å². The maximum atomic E-state index is 4.39. The van der Waals surface area contributed by atoms with Gasteiger partial charge in [-0.2, -0.15) is 0 Å². The average Bonchev–Trinajstić information content (AvgIpc) is 1.72. The van der Waals surface area contributed by atoms with E-state index in [2.05, 4.69) is 9.78 Å². The van der Waals surface area contributed by atoms with Crippen molar-refractivity contribution in [3.8, 4) is 0 Å². The summed E-state index contributed by atoms with van der Waals surface area (Å²) in [5.74, 6) is 0. The van der Waals surface area contributed by atoms with E-state index in [4.69, 9.17) is 0 Å². The third kappa shape index (κ3) is 0.954. The van der Waals surface area contributed by atoms with Crippen molar-refractivity contribution in [3.63, 3.8) is 0 Å². The Morgan fingerprint density at radius 3 is 1.67 bits per heavy atom. The minimum atomic E-state index is 0.972. The van der Waals surface area contributed by atoms with Gasteiger partial charge in [-0.3, -0.25) is 0 Å². The highest BCUT2D eigenvalue weighted by atomic mass is 17.2. The van der Waals surface area contributed by atoms with Gasteiger partial charge in [0, 0.05) is 0 Å². The van der Waals surface area contributed by atoms with Crippen LogP contribution in [0.25, 0.3) is 0 Å². The molecule has 1 heterocycles. The summed E-state index contributed by atoms with van der Waals surface area (Å²) in [5, 5.41) is 0. The summed E-state index contributed by atoms with van der Waals surface area (Å²) >= 11 is 0. The lowest BCUT2D eigenvalue weighted by atomic mass is 10.3. The molecule has 0 saturated carbocycles. The van der Waals surface area contributed by atoms with Crippen LogP contribution >= 0.6 is 0 Å². The topological polar surface area (TPSA) is 18.5 Å². The van der Waals surface area contributed by atoms with Crippen LogP contribution in [0.1, 0.15) is 12.8 Å². The summed E-state index contributed by atoms with van der Waals surface area (Å²) in [6, 6.07) is 0. The third-order valence-corrected chi connectivity index (χ3v) is 0.594. The first-order chi connectivity index (χ1) is 3.00. The fourth-order valence-corrected chi connectivity index (χ4v) is 0.311. The number of rotatable bonds is 0. The highest BCUT2D eigenvalue weighted by Gasteiger charge is 1.97. The quantitative estimate of drug-likeness (QED) is 0.410. The molecule has 1 aliphatic rings. The van der Waals surface area contributed by atoms with E-state index >= 15 is 0 Å². The van der Waals surface area contributed by atoms with Crippen LogP contribution in [-0.2, 0) is 9.78 Å². The van der Waals surface area contributed by atoms with Gasteiger partial charge >= 0.3 is 0 Å². The lowest BCUT2D eigenvalue weighted by molar-refractivity contribution is -0.256. The minimum absolute atomic E-state index is 0.972. The number of hydrogen-bond acceptors (Lipinski definition) is 2. The summed E-state index contributed by atoms with van der Waals surface area (Å²) < 4.78 is 0. The smallest absolute Gasteiger partial charge is 0.122 e. The van der Waals surface area contributed by atoms with Crippen molar-refractivity contribution >= 4 is 0 Å². The fraction of sp³-hybridized carbons (Fsp3) is 0.500. The van der Waals surface area contributed by atoms with Crippen molar-refractivity contribution in [2.45, 2.75) is 12.8 Å². The van der Waals surface area contributed by atoms with E-state index in [0.717, 1.165) is 12.8 Å². The molecule has 2 nitrogen and oxygen atoms in total. The molecule has 0 aliphatic carbocycles. The second-order valence-electron chi connectivity index (χ2n) is 1.10. The zero-order chi connectivity index (χ0) is 4.24. The fourth-order valence-electron chi connectivity index (χ4n) is 0.311. The molecule has 34 valence electrons. The average molecular weight is 86.1 g/mol. The summed E-state index contributed by atoms with van der Waals surface area (Å²) in [7, 11) is 0. The first kappa shape index (κ1) is 4.09. The molecule has 6 heavy (non-hydrogen) atoms. The van der Waals surface area contributed by atoms with Crippen molar-refractivity contribution in [1.82, 2.24) is 0 Å². The zero-order valence-electron chi connectivity index (χ0n) is 3.39. The Hall–Kier alpha value is -0.0800. The van der Waals surface area contributed by atoms with Gasteiger partial charge in [-0.15, -0.1) is 0 Å². The van der Waals surface area contributed by atoms with E-state index in [1.807, 2.05) is 0 Å². The molecule has 1 aliphatic heterocycles. The van der Waals surface area contributed by atoms with Crippen LogP contribution in [0.5, 0.6) is 0 Å². The van der Waals surface area contributed by atoms with E-state index in [0.29, 0.717) is 0 Å². The molecule has 2 heteroatoms. The molecule has 0 amide bonds. The minimum Gasteiger partial charge on any atom is -0.230 e. The first-order valence-corrected chi connectivity index (χ1v) is 1.95. The van der Waals surface area contributed by atoms with Gasteiger partial charge < -0.3 is 0 Å². The Bertz CT molecular complexity index is 21.0. The predicted octanol–water partition coefficient (Wildman–Crippen LogP) is 1.05. The van der Waals surface area contributed by atoms with Crippen molar-refractivity contribution in [2.24, 2.45) is 0 Å². The molecule has 0 bridgehead atoms. The van der Waals surface area contributed by atoms with Gasteiger partial charge in [0.2, 0.25) is 0 Å². The molecular weight excluding hydrogens is 80.0 g/mol. The monoisotopic (exact) mass is 86.0 g/mol. The molecule has 0 aromatic carbocycles. The van der Waals surface area contributed by atoms with E-state index in [1.165, 1.54) is 0 Å². The summed E-state index contributed by atoms with van der Waals surface area (Å²) in [6.07, 6.45) is 1.94. The van der Waals surface area contributed by atoms with Crippen LogP contribution in [0.2, 0.25) is 0 Å². The van der Waals surface area contributed by atoms with Crippen LogP contribution < -0.4 is 0 Å². The first-order valence-electron chi connectivity index (χ1n) is 1.95. The van der Waals surface area contributed by atoms with Gasteiger partial charge in [0.05, 0.1) is 0 Å². The summed E-state index contributed by atoms with van der Waals surface area (Å²) in [4.78, 5) is 8.78.